The zero-order valence-electron chi connectivity index (χ0n) is 11.7. The minimum atomic E-state index is 0.467. The third kappa shape index (κ3) is 2.10. The van der Waals surface area contributed by atoms with Gasteiger partial charge in [0.05, 0.1) is 7.11 Å². The number of rotatable bonds is 3. The molecule has 102 valence electrons. The number of hydrogen-bond donors (Lipinski definition) is 1. The van der Waals surface area contributed by atoms with Crippen LogP contribution in [-0.4, -0.2) is 13.7 Å². The Morgan fingerprint density at radius 2 is 1.80 bits per heavy atom. The Morgan fingerprint density at radius 3 is 2.55 bits per heavy atom. The lowest BCUT2D eigenvalue weighted by Crippen LogP contribution is -2.13. The third-order valence-corrected chi connectivity index (χ3v) is 4.61. The molecule has 2 nitrogen and oxygen atoms in total. The number of benzene rings is 2. The molecule has 0 bridgehead atoms. The molecule has 1 N–H and O–H groups in total. The van der Waals surface area contributed by atoms with E-state index in [4.69, 9.17) is 4.74 Å². The normalized spacial score (nSPS) is 23.4. The van der Waals surface area contributed by atoms with E-state index in [1.165, 1.54) is 29.5 Å². The van der Waals surface area contributed by atoms with Crippen molar-refractivity contribution in [3.05, 3.63) is 64.7 Å². The molecule has 0 aromatic heterocycles. The quantitative estimate of drug-likeness (QED) is 0.783. The fourth-order valence-electron chi connectivity index (χ4n) is 3.25. The van der Waals surface area contributed by atoms with E-state index in [0.717, 1.165) is 12.3 Å². The molecule has 2 heteroatoms. The fourth-order valence-corrected chi connectivity index (χ4v) is 3.25. The number of hydrogen-bond acceptors (Lipinski definition) is 2. The lowest BCUT2D eigenvalue weighted by atomic mass is 9.94. The van der Waals surface area contributed by atoms with Crippen molar-refractivity contribution in [1.29, 1.82) is 0 Å². The van der Waals surface area contributed by atoms with E-state index in [1.54, 1.807) is 12.7 Å². The Kier molecular flexibility index (Phi) is 2.78. The molecule has 1 aliphatic heterocycles. The Hall–Kier alpha value is -1.80. The highest BCUT2D eigenvalue weighted by Crippen LogP contribution is 2.37. The topological polar surface area (TPSA) is 21.3 Å². The molecule has 1 heterocycles. The zero-order valence-corrected chi connectivity index (χ0v) is 11.7. The molecule has 0 spiro atoms. The summed E-state index contributed by atoms with van der Waals surface area (Å²) in [4.78, 5) is 0. The van der Waals surface area contributed by atoms with Gasteiger partial charge in [-0.2, -0.15) is 0 Å². The Balaban J connectivity index is 1.49. The summed E-state index contributed by atoms with van der Waals surface area (Å²) < 4.78 is 5.22. The van der Waals surface area contributed by atoms with Gasteiger partial charge in [-0.3, -0.25) is 0 Å². The second-order valence-electron chi connectivity index (χ2n) is 5.87. The van der Waals surface area contributed by atoms with Crippen molar-refractivity contribution in [3.63, 3.8) is 0 Å². The van der Waals surface area contributed by atoms with Crippen LogP contribution in [0.4, 0.5) is 0 Å². The predicted molar refractivity (Wildman–Crippen MR) is 80.3 cm³/mol. The average Bonchev–Trinajstić information content (AvgIpc) is 3.12. The number of methoxy groups -OCH3 is 1. The molecule has 2 atom stereocenters. The molecule has 0 amide bonds. The third-order valence-electron chi connectivity index (χ3n) is 4.61. The van der Waals surface area contributed by atoms with Crippen LogP contribution in [0.15, 0.2) is 42.5 Å². The monoisotopic (exact) mass is 265 g/mol. The van der Waals surface area contributed by atoms with Crippen molar-refractivity contribution in [2.45, 2.75) is 24.8 Å². The minimum Gasteiger partial charge on any atom is -0.497 e. The first-order valence-corrected chi connectivity index (χ1v) is 7.32. The van der Waals surface area contributed by atoms with Gasteiger partial charge in [0, 0.05) is 12.6 Å². The molecule has 2 aliphatic rings. The highest BCUT2D eigenvalue weighted by atomic mass is 16.5. The van der Waals surface area contributed by atoms with E-state index in [-0.39, 0.29) is 0 Å². The SMILES string of the molecule is COc1ccc(C2CC(c3ccc4c(c3)C4)CN2)cc1. The van der Waals surface area contributed by atoms with Gasteiger partial charge in [0.15, 0.2) is 0 Å². The maximum atomic E-state index is 5.22. The van der Waals surface area contributed by atoms with Crippen molar-refractivity contribution >= 4 is 0 Å². The summed E-state index contributed by atoms with van der Waals surface area (Å²) in [6.45, 7) is 1.08. The maximum absolute atomic E-state index is 5.22. The summed E-state index contributed by atoms with van der Waals surface area (Å²) in [6, 6.07) is 15.9. The second kappa shape index (κ2) is 4.64. The molecule has 2 aromatic rings. The number of nitrogens with one attached hydrogen (secondary N) is 1. The van der Waals surface area contributed by atoms with Crippen LogP contribution in [0, 0.1) is 0 Å². The van der Waals surface area contributed by atoms with E-state index in [1.807, 2.05) is 12.1 Å². The molecular weight excluding hydrogens is 246 g/mol. The molecule has 0 saturated carbocycles. The number of ether oxygens (including phenoxy) is 1. The van der Waals surface area contributed by atoms with Gasteiger partial charge in [0.25, 0.3) is 0 Å². The Morgan fingerprint density at radius 1 is 1.00 bits per heavy atom. The van der Waals surface area contributed by atoms with E-state index in [9.17, 15) is 0 Å². The first-order chi connectivity index (χ1) is 9.83. The van der Waals surface area contributed by atoms with Crippen LogP contribution in [-0.2, 0) is 6.42 Å². The maximum Gasteiger partial charge on any atom is 0.118 e. The van der Waals surface area contributed by atoms with Crippen LogP contribution in [0.2, 0.25) is 0 Å². The largest absolute Gasteiger partial charge is 0.497 e. The van der Waals surface area contributed by atoms with Crippen molar-refractivity contribution < 1.29 is 4.74 Å². The molecule has 0 radical (unpaired) electrons. The number of fused-ring (bicyclic) bond motifs is 1. The van der Waals surface area contributed by atoms with Crippen LogP contribution in [0.3, 0.4) is 0 Å². The average molecular weight is 265 g/mol. The summed E-state index contributed by atoms with van der Waals surface area (Å²) in [5, 5.41) is 3.65. The molecule has 20 heavy (non-hydrogen) atoms. The van der Waals surface area contributed by atoms with E-state index in [0.29, 0.717) is 12.0 Å². The predicted octanol–water partition coefficient (Wildman–Crippen LogP) is 3.42. The summed E-state index contributed by atoms with van der Waals surface area (Å²) in [5.41, 5.74) is 5.95. The highest BCUT2D eigenvalue weighted by Gasteiger charge is 2.28. The van der Waals surface area contributed by atoms with Gasteiger partial charge in [-0.05, 0) is 53.1 Å². The summed E-state index contributed by atoms with van der Waals surface area (Å²) in [7, 11) is 1.71. The van der Waals surface area contributed by atoms with Crippen LogP contribution >= 0.6 is 0 Å². The summed E-state index contributed by atoms with van der Waals surface area (Å²) >= 11 is 0. The van der Waals surface area contributed by atoms with Crippen molar-refractivity contribution in [2.24, 2.45) is 0 Å². The van der Waals surface area contributed by atoms with Gasteiger partial charge >= 0.3 is 0 Å². The second-order valence-corrected chi connectivity index (χ2v) is 5.87. The first kappa shape index (κ1) is 12.0. The summed E-state index contributed by atoms with van der Waals surface area (Å²) in [5.74, 6) is 1.57. The first-order valence-electron chi connectivity index (χ1n) is 7.32. The van der Waals surface area contributed by atoms with Gasteiger partial charge in [-0.25, -0.2) is 0 Å². The van der Waals surface area contributed by atoms with E-state index >= 15 is 0 Å². The zero-order chi connectivity index (χ0) is 13.5. The van der Waals surface area contributed by atoms with Crippen LogP contribution in [0.5, 0.6) is 5.75 Å². The van der Waals surface area contributed by atoms with Crippen LogP contribution < -0.4 is 10.1 Å². The van der Waals surface area contributed by atoms with Gasteiger partial charge in [-0.1, -0.05) is 30.3 Å². The molecule has 1 aliphatic carbocycles. The summed E-state index contributed by atoms with van der Waals surface area (Å²) in [6.07, 6.45) is 2.40. The lowest BCUT2D eigenvalue weighted by Gasteiger charge is -2.12. The van der Waals surface area contributed by atoms with Crippen LogP contribution in [0.1, 0.15) is 40.6 Å². The molecule has 1 saturated heterocycles. The standard InChI is InChI=1S/C18H19NO/c1-20-17-6-4-12(5-7-17)18-10-16(11-19-18)14-3-2-13-8-15(13)9-14/h2-7,9,16,18-19H,8,10-11H2,1H3. The highest BCUT2D eigenvalue weighted by molar-refractivity contribution is 5.48. The molecule has 2 aromatic carbocycles. The van der Waals surface area contributed by atoms with Gasteiger partial charge in [-0.15, -0.1) is 0 Å². The van der Waals surface area contributed by atoms with Crippen molar-refractivity contribution in [3.8, 4) is 5.75 Å². The Bertz CT molecular complexity index is 632. The van der Waals surface area contributed by atoms with Gasteiger partial charge in [0.2, 0.25) is 0 Å². The molecular formula is C18H19NO. The molecule has 1 fully saturated rings. The van der Waals surface area contributed by atoms with Crippen molar-refractivity contribution in [2.75, 3.05) is 13.7 Å². The van der Waals surface area contributed by atoms with E-state index in [2.05, 4.69) is 35.6 Å². The Labute approximate surface area is 119 Å². The van der Waals surface area contributed by atoms with Gasteiger partial charge < -0.3 is 10.1 Å². The van der Waals surface area contributed by atoms with E-state index < -0.39 is 0 Å². The van der Waals surface area contributed by atoms with Gasteiger partial charge in [0.1, 0.15) is 5.75 Å². The lowest BCUT2D eigenvalue weighted by molar-refractivity contribution is 0.414. The van der Waals surface area contributed by atoms with Crippen molar-refractivity contribution in [1.82, 2.24) is 5.32 Å². The van der Waals surface area contributed by atoms with Crippen LogP contribution in [0.25, 0.3) is 0 Å². The smallest absolute Gasteiger partial charge is 0.118 e. The minimum absolute atomic E-state index is 0.467. The molecule has 4 rings (SSSR count). The molecule has 2 unspecified atom stereocenters. The fraction of sp³-hybridized carbons (Fsp3) is 0.333.